The minimum Gasteiger partial charge on any atom is -0.504 e. The van der Waals surface area contributed by atoms with Gasteiger partial charge in [0.05, 0.1) is 13.2 Å². The van der Waals surface area contributed by atoms with E-state index >= 15 is 0 Å². The number of methoxy groups -OCH3 is 1. The molecule has 1 heterocycles. The fourth-order valence-corrected chi connectivity index (χ4v) is 3.44. The molecule has 2 atom stereocenters. The van der Waals surface area contributed by atoms with E-state index < -0.39 is 5.79 Å². The van der Waals surface area contributed by atoms with Crippen molar-refractivity contribution >= 4 is 0 Å². The van der Waals surface area contributed by atoms with Gasteiger partial charge in [-0.25, -0.2) is 0 Å². The summed E-state index contributed by atoms with van der Waals surface area (Å²) >= 11 is 0. The summed E-state index contributed by atoms with van der Waals surface area (Å²) in [6.07, 6.45) is 10.3. The number of unbranched alkanes of at least 4 members (excludes halogenated alkanes) is 5. The van der Waals surface area contributed by atoms with Gasteiger partial charge in [-0.15, -0.1) is 0 Å². The van der Waals surface area contributed by atoms with Crippen molar-refractivity contribution in [3.05, 3.63) is 23.8 Å². The molecule has 0 aliphatic carbocycles. The van der Waals surface area contributed by atoms with Crippen molar-refractivity contribution in [1.82, 2.24) is 0 Å². The molecule has 2 unspecified atom stereocenters. The number of phenolic OH excluding ortho intramolecular Hbond substituents is 1. The van der Waals surface area contributed by atoms with E-state index in [-0.39, 0.29) is 11.9 Å². The van der Waals surface area contributed by atoms with Crippen LogP contribution in [-0.4, -0.2) is 23.1 Å². The Morgan fingerprint density at radius 3 is 2.71 bits per heavy atom. The van der Waals surface area contributed by atoms with Crippen molar-refractivity contribution < 1.29 is 19.7 Å². The first-order valence-electron chi connectivity index (χ1n) is 9.35. The summed E-state index contributed by atoms with van der Waals surface area (Å²) in [5.74, 6) is -0.445. The largest absolute Gasteiger partial charge is 0.504 e. The van der Waals surface area contributed by atoms with E-state index in [1.807, 2.05) is 6.07 Å². The molecule has 0 aromatic heterocycles. The van der Waals surface area contributed by atoms with Gasteiger partial charge in [0.25, 0.3) is 0 Å². The molecule has 1 aliphatic heterocycles. The maximum Gasteiger partial charge on any atom is 0.166 e. The van der Waals surface area contributed by atoms with Crippen LogP contribution in [0.25, 0.3) is 0 Å². The molecular formula is C20H32O4. The van der Waals surface area contributed by atoms with Gasteiger partial charge >= 0.3 is 0 Å². The van der Waals surface area contributed by atoms with Crippen molar-refractivity contribution in [2.24, 2.45) is 0 Å². The molecule has 0 bridgehead atoms. The Morgan fingerprint density at radius 1 is 1.21 bits per heavy atom. The molecule has 2 N–H and O–H groups in total. The van der Waals surface area contributed by atoms with Gasteiger partial charge < -0.3 is 19.7 Å². The van der Waals surface area contributed by atoms with Crippen LogP contribution < -0.4 is 4.74 Å². The quantitative estimate of drug-likeness (QED) is 0.617. The maximum absolute atomic E-state index is 10.8. The Kier molecular flexibility index (Phi) is 7.38. The molecule has 0 saturated carbocycles. The Balaban J connectivity index is 1.88. The van der Waals surface area contributed by atoms with E-state index in [4.69, 9.17) is 9.47 Å². The molecule has 0 amide bonds. The monoisotopic (exact) mass is 336 g/mol. The molecule has 4 heteroatoms. The molecule has 1 aliphatic rings. The summed E-state index contributed by atoms with van der Waals surface area (Å²) in [7, 11) is 1.54. The average Bonchev–Trinajstić information content (AvgIpc) is 2.58. The van der Waals surface area contributed by atoms with Gasteiger partial charge in [-0.2, -0.15) is 0 Å². The summed E-state index contributed by atoms with van der Waals surface area (Å²) in [6.45, 7) is 2.22. The number of benzene rings is 1. The van der Waals surface area contributed by atoms with Crippen LogP contribution in [0.2, 0.25) is 0 Å². The third kappa shape index (κ3) is 5.38. The summed E-state index contributed by atoms with van der Waals surface area (Å²) < 4.78 is 11.2. The average molecular weight is 336 g/mol. The van der Waals surface area contributed by atoms with E-state index in [1.165, 1.54) is 32.8 Å². The predicted molar refractivity (Wildman–Crippen MR) is 95.3 cm³/mol. The highest BCUT2D eigenvalue weighted by molar-refractivity contribution is 5.42. The number of ether oxygens (including phenoxy) is 2. The lowest BCUT2D eigenvalue weighted by Gasteiger charge is -2.37. The van der Waals surface area contributed by atoms with Crippen LogP contribution in [0.3, 0.4) is 0 Å². The van der Waals surface area contributed by atoms with Crippen LogP contribution in [-0.2, 0) is 4.74 Å². The number of hydrogen-bond donors (Lipinski definition) is 2. The fraction of sp³-hybridized carbons (Fsp3) is 0.700. The topological polar surface area (TPSA) is 58.9 Å². The van der Waals surface area contributed by atoms with Crippen molar-refractivity contribution in [3.63, 3.8) is 0 Å². The molecule has 24 heavy (non-hydrogen) atoms. The first kappa shape index (κ1) is 19.1. The Hall–Kier alpha value is -1.26. The van der Waals surface area contributed by atoms with Gasteiger partial charge in [0.15, 0.2) is 17.3 Å². The molecular weight excluding hydrogens is 304 g/mol. The fourth-order valence-electron chi connectivity index (χ4n) is 3.44. The van der Waals surface area contributed by atoms with Crippen LogP contribution in [0.1, 0.15) is 82.8 Å². The number of aliphatic hydroxyl groups is 1. The molecule has 1 aromatic rings. The third-order valence-electron chi connectivity index (χ3n) is 4.89. The molecule has 1 aromatic carbocycles. The summed E-state index contributed by atoms with van der Waals surface area (Å²) in [5, 5.41) is 20.5. The molecule has 1 fully saturated rings. The van der Waals surface area contributed by atoms with Gasteiger partial charge in [-0.05, 0) is 37.0 Å². The number of rotatable bonds is 9. The zero-order valence-corrected chi connectivity index (χ0v) is 15.1. The second-order valence-corrected chi connectivity index (χ2v) is 6.89. The van der Waals surface area contributed by atoms with Crippen molar-refractivity contribution in [2.45, 2.75) is 83.0 Å². The second-order valence-electron chi connectivity index (χ2n) is 6.89. The van der Waals surface area contributed by atoms with Gasteiger partial charge in [0.1, 0.15) is 0 Å². The van der Waals surface area contributed by atoms with Gasteiger partial charge in [0, 0.05) is 12.8 Å². The Labute approximate surface area is 145 Å². The number of phenols is 1. The highest BCUT2D eigenvalue weighted by Crippen LogP contribution is 2.40. The lowest BCUT2D eigenvalue weighted by Crippen LogP contribution is -2.37. The first-order chi connectivity index (χ1) is 11.6. The van der Waals surface area contributed by atoms with Crippen molar-refractivity contribution in [1.29, 1.82) is 0 Å². The first-order valence-corrected chi connectivity index (χ1v) is 9.35. The van der Waals surface area contributed by atoms with Gasteiger partial charge in [0.2, 0.25) is 0 Å². The summed E-state index contributed by atoms with van der Waals surface area (Å²) in [4.78, 5) is 0. The second kappa shape index (κ2) is 9.28. The van der Waals surface area contributed by atoms with Crippen LogP contribution in [0.5, 0.6) is 11.5 Å². The highest BCUT2D eigenvalue weighted by atomic mass is 16.6. The lowest BCUT2D eigenvalue weighted by molar-refractivity contribution is -0.259. The summed E-state index contributed by atoms with van der Waals surface area (Å²) in [5.41, 5.74) is 0.950. The minimum atomic E-state index is -1.02. The van der Waals surface area contributed by atoms with E-state index in [9.17, 15) is 10.2 Å². The van der Waals surface area contributed by atoms with E-state index in [0.29, 0.717) is 18.6 Å². The zero-order chi connectivity index (χ0) is 17.4. The van der Waals surface area contributed by atoms with Crippen LogP contribution in [0.4, 0.5) is 0 Å². The zero-order valence-electron chi connectivity index (χ0n) is 15.1. The maximum atomic E-state index is 10.8. The van der Waals surface area contributed by atoms with Gasteiger partial charge in [-0.1, -0.05) is 45.1 Å². The normalized spacial score (nSPS) is 24.0. The minimum absolute atomic E-state index is 0.124. The molecule has 0 spiro atoms. The van der Waals surface area contributed by atoms with Crippen LogP contribution >= 0.6 is 0 Å². The Morgan fingerprint density at radius 2 is 1.96 bits per heavy atom. The van der Waals surface area contributed by atoms with E-state index in [2.05, 4.69) is 6.92 Å². The highest BCUT2D eigenvalue weighted by Gasteiger charge is 2.35. The van der Waals surface area contributed by atoms with Crippen molar-refractivity contribution in [3.8, 4) is 11.5 Å². The smallest absolute Gasteiger partial charge is 0.166 e. The van der Waals surface area contributed by atoms with E-state index in [0.717, 1.165) is 31.2 Å². The van der Waals surface area contributed by atoms with Crippen molar-refractivity contribution in [2.75, 3.05) is 7.11 Å². The van der Waals surface area contributed by atoms with Crippen LogP contribution in [0, 0.1) is 0 Å². The lowest BCUT2D eigenvalue weighted by atomic mass is 9.93. The standard InChI is InChI=1S/C20H32O4/c1-3-4-5-6-7-8-13-20(22)14-9-10-18(24-20)16-11-12-17(21)19(15-16)23-2/h11-12,15,18,21-22H,3-10,13-14H2,1-2H3. The number of aromatic hydroxyl groups is 1. The summed E-state index contributed by atoms with van der Waals surface area (Å²) in [6, 6.07) is 5.27. The van der Waals surface area contributed by atoms with E-state index in [1.54, 1.807) is 12.1 Å². The van der Waals surface area contributed by atoms with Gasteiger partial charge in [-0.3, -0.25) is 0 Å². The third-order valence-corrected chi connectivity index (χ3v) is 4.89. The molecule has 136 valence electrons. The molecule has 1 saturated heterocycles. The SMILES string of the molecule is CCCCCCCCC1(O)CCCC(c2ccc(O)c(OC)c2)O1. The molecule has 2 rings (SSSR count). The van der Waals surface area contributed by atoms with Crippen LogP contribution in [0.15, 0.2) is 18.2 Å². The number of hydrogen-bond acceptors (Lipinski definition) is 4. The Bertz CT molecular complexity index is 502. The predicted octanol–water partition coefficient (Wildman–Crippen LogP) is 5.08. The molecule has 0 radical (unpaired) electrons. The molecule has 4 nitrogen and oxygen atoms in total.